The van der Waals surface area contributed by atoms with Crippen LogP contribution < -0.4 is 10.9 Å². The lowest BCUT2D eigenvalue weighted by atomic mass is 9.45. The molecule has 8 atom stereocenters. The molecule has 73 heavy (non-hydrogen) atoms. The smallest absolute Gasteiger partial charge is 0.333 e. The van der Waals surface area contributed by atoms with Crippen molar-refractivity contribution in [3.63, 3.8) is 0 Å². The highest BCUT2D eigenvalue weighted by atomic mass is 15.0. The minimum absolute atomic E-state index is 0.0374. The Labute approximate surface area is 431 Å². The van der Waals surface area contributed by atoms with E-state index in [4.69, 9.17) is 0 Å². The molecule has 0 saturated heterocycles. The van der Waals surface area contributed by atoms with Crippen LogP contribution >= 0.6 is 0 Å². The molecule has 0 N–H and O–H groups in total. The zero-order valence-electron chi connectivity index (χ0n) is 43.7. The minimum Gasteiger partial charge on any atom is -0.375 e. The van der Waals surface area contributed by atoms with Gasteiger partial charge in [0.25, 0.3) is 0 Å². The number of hydrogen-bond acceptors (Lipinski definition) is 0. The highest BCUT2D eigenvalue weighted by Gasteiger charge is 2.50. The Morgan fingerprint density at radius 2 is 1.03 bits per heavy atom. The van der Waals surface area contributed by atoms with Gasteiger partial charge in [-0.05, 0) is 245 Å². The normalized spacial score (nSPS) is 33.5. The Morgan fingerprint density at radius 1 is 0.479 bits per heavy atom. The summed E-state index contributed by atoms with van der Waals surface area (Å²) in [6, 6.07) is 43.3. The predicted molar refractivity (Wildman–Crippen MR) is 305 cm³/mol. The number of rotatable bonds is 5. The summed E-state index contributed by atoms with van der Waals surface area (Å²) in [7, 11) is 0. The van der Waals surface area contributed by atoms with Gasteiger partial charge in [0.1, 0.15) is 0 Å². The summed E-state index contributed by atoms with van der Waals surface area (Å²) in [4.78, 5) is 0. The van der Waals surface area contributed by atoms with Crippen LogP contribution in [-0.4, -0.2) is 15.9 Å². The molecule has 360 valence electrons. The maximum atomic E-state index is 2.91. The van der Waals surface area contributed by atoms with E-state index in [1.807, 2.05) is 0 Å². The number of fused-ring (bicyclic) bond motifs is 15. The second kappa shape index (κ2) is 13.5. The molecule has 3 heteroatoms. The molecular formula is C70H67BN2. The lowest BCUT2D eigenvalue weighted by Gasteiger charge is -2.42. The van der Waals surface area contributed by atoms with E-state index >= 15 is 0 Å². The molecule has 0 radical (unpaired) electrons. The number of benzene rings is 6. The summed E-state index contributed by atoms with van der Waals surface area (Å²) in [5.41, 5.74) is 27.4. The van der Waals surface area contributed by atoms with Crippen molar-refractivity contribution in [1.82, 2.24) is 9.05 Å². The van der Waals surface area contributed by atoms with Crippen molar-refractivity contribution in [2.75, 3.05) is 0 Å². The number of nitrogens with zero attached hydrogens (tertiary/aromatic N) is 2. The van der Waals surface area contributed by atoms with Crippen molar-refractivity contribution in [1.29, 1.82) is 0 Å². The molecule has 4 heterocycles. The van der Waals surface area contributed by atoms with E-state index in [0.717, 1.165) is 54.8 Å². The topological polar surface area (TPSA) is 9.86 Å². The number of aromatic nitrogens is 2. The second-order valence-electron chi connectivity index (χ2n) is 27.6. The van der Waals surface area contributed by atoms with E-state index in [2.05, 4.69) is 165 Å². The number of allylic oxidation sites excluding steroid dienone is 6. The van der Waals surface area contributed by atoms with Gasteiger partial charge in [-0.2, -0.15) is 0 Å². The summed E-state index contributed by atoms with van der Waals surface area (Å²) in [6.45, 7) is 13.0. The Hall–Kier alpha value is -5.80. The number of hydrogen-bond donors (Lipinski definition) is 0. The van der Waals surface area contributed by atoms with E-state index in [0.29, 0.717) is 0 Å². The van der Waals surface area contributed by atoms with Crippen molar-refractivity contribution in [2.45, 2.75) is 140 Å². The van der Waals surface area contributed by atoms with Crippen LogP contribution in [0.2, 0.25) is 0 Å². The van der Waals surface area contributed by atoms with Gasteiger partial charge in [0.05, 0.1) is 11.0 Å². The fourth-order valence-electron chi connectivity index (χ4n) is 18.4. The van der Waals surface area contributed by atoms with E-state index < -0.39 is 0 Å². The summed E-state index contributed by atoms with van der Waals surface area (Å²) in [5, 5.41) is 5.85. The van der Waals surface area contributed by atoms with Crippen LogP contribution in [0.3, 0.4) is 0 Å². The molecule has 2 nitrogen and oxygen atoms in total. The van der Waals surface area contributed by atoms with Crippen LogP contribution in [-0.2, 0) is 21.7 Å². The van der Waals surface area contributed by atoms with Gasteiger partial charge in [-0.3, -0.25) is 0 Å². The van der Waals surface area contributed by atoms with Gasteiger partial charge in [-0.1, -0.05) is 118 Å². The van der Waals surface area contributed by atoms with Gasteiger partial charge in [-0.25, -0.2) is 0 Å². The first-order chi connectivity index (χ1) is 35.4. The fraction of sp³-hybridized carbons (Fsp3) is 0.400. The molecule has 6 aromatic carbocycles. The Kier molecular flexibility index (Phi) is 7.70. The first-order valence-corrected chi connectivity index (χ1v) is 29.0. The maximum Gasteiger partial charge on any atom is 0.333 e. The van der Waals surface area contributed by atoms with Gasteiger partial charge in [0, 0.05) is 43.8 Å². The first-order valence-electron chi connectivity index (χ1n) is 29.0. The molecular weight excluding hydrogens is 880 g/mol. The zero-order valence-corrected chi connectivity index (χ0v) is 43.7. The molecule has 10 aliphatic rings. The molecule has 8 aromatic rings. The molecule has 0 amide bonds. The van der Waals surface area contributed by atoms with Gasteiger partial charge in [0.2, 0.25) is 0 Å². The van der Waals surface area contributed by atoms with Crippen LogP contribution in [0, 0.1) is 35.5 Å². The Balaban J connectivity index is 0.963. The molecule has 18 rings (SSSR count). The third-order valence-electron chi connectivity index (χ3n) is 23.1. The Bertz CT molecular complexity index is 3970. The Morgan fingerprint density at radius 3 is 1.64 bits per heavy atom. The van der Waals surface area contributed by atoms with E-state index in [-0.39, 0.29) is 28.5 Å². The monoisotopic (exact) mass is 947 g/mol. The van der Waals surface area contributed by atoms with E-state index in [9.17, 15) is 0 Å². The molecule has 8 unspecified atom stereocenters. The van der Waals surface area contributed by atoms with Crippen molar-refractivity contribution < 1.29 is 0 Å². The van der Waals surface area contributed by atoms with Crippen molar-refractivity contribution in [2.24, 2.45) is 35.5 Å². The fourth-order valence-corrected chi connectivity index (χ4v) is 18.4. The van der Waals surface area contributed by atoms with Crippen LogP contribution in [0.25, 0.3) is 71.6 Å². The molecule has 2 aliphatic heterocycles. The lowest BCUT2D eigenvalue weighted by Crippen LogP contribution is -2.55. The summed E-state index contributed by atoms with van der Waals surface area (Å²) in [6.07, 6.45) is 24.4. The maximum absolute atomic E-state index is 2.91. The first kappa shape index (κ1) is 41.5. The average Bonchev–Trinajstić information content (AvgIpc) is 4.38. The largest absolute Gasteiger partial charge is 0.375 e. The lowest BCUT2D eigenvalue weighted by molar-refractivity contribution is 0.162. The van der Waals surface area contributed by atoms with Crippen molar-refractivity contribution in [3.8, 4) is 27.9 Å². The van der Waals surface area contributed by atoms with Gasteiger partial charge < -0.3 is 9.05 Å². The highest BCUT2D eigenvalue weighted by Crippen LogP contribution is 2.59. The van der Waals surface area contributed by atoms with Crippen LogP contribution in [0.4, 0.5) is 0 Å². The summed E-state index contributed by atoms with van der Waals surface area (Å²) >= 11 is 0. The van der Waals surface area contributed by atoms with Gasteiger partial charge >= 0.3 is 6.85 Å². The van der Waals surface area contributed by atoms with Crippen LogP contribution in [0.1, 0.15) is 140 Å². The minimum atomic E-state index is 0.0374. The van der Waals surface area contributed by atoms with E-state index in [1.165, 1.54) is 158 Å². The molecule has 0 spiro atoms. The molecule has 5 fully saturated rings. The molecule has 2 aromatic heterocycles. The van der Waals surface area contributed by atoms with Gasteiger partial charge in [-0.15, -0.1) is 0 Å². The standard InChI is InChI=1S/C70H67BN2/c1-39-44-11-12-45(39)35-70(5,34-44)52-30-57-55-29-51(68(3)21-18-42-24-48(42)37-68)14-16-62(55)73-65(57)59(31-52)56-26-46(40-9-7-6-8-10-40)27-63-64(56)71(73)60-33-53(69(4)22-19-43-25-49(43)38-69)32-58-54-28-50(13-15-61(54)72(63)66(58)60)67(2)20-17-41-23-47(41)36-67/h6-10,13-19,26-33,39,44-45,47-49H,11-12,20-25,34-38H2,1-5H3. The SMILES string of the molecule is CC1C2CCC1CC(C)(c1cc3c4c(c1)c1cc(C5(C)CC=C6CC6C5)ccc1n4B1c4c-3cc(-c3ccccc3)cc4-n3c4ccc(C5(C)CC=C6CC6C5)cc4c4cc(C5(C)CC=C6CC6C5)cc1c43)C2. The average molecular weight is 947 g/mol. The van der Waals surface area contributed by atoms with Crippen molar-refractivity contribution >= 4 is 61.4 Å². The molecule has 2 bridgehead atoms. The third kappa shape index (κ3) is 5.53. The third-order valence-corrected chi connectivity index (χ3v) is 23.1. The molecule has 8 aliphatic carbocycles. The second-order valence-corrected chi connectivity index (χ2v) is 27.6. The van der Waals surface area contributed by atoms with Crippen LogP contribution in [0.15, 0.2) is 138 Å². The van der Waals surface area contributed by atoms with Crippen LogP contribution in [0.5, 0.6) is 0 Å². The highest BCUT2D eigenvalue weighted by molar-refractivity contribution is 6.90. The quantitative estimate of drug-likeness (QED) is 0.120. The predicted octanol–water partition coefficient (Wildman–Crippen LogP) is 16.2. The van der Waals surface area contributed by atoms with Crippen molar-refractivity contribution in [3.05, 3.63) is 160 Å². The van der Waals surface area contributed by atoms with Gasteiger partial charge in [0.15, 0.2) is 0 Å². The van der Waals surface area contributed by atoms with E-state index in [1.54, 1.807) is 27.8 Å². The summed E-state index contributed by atoms with van der Waals surface area (Å²) < 4.78 is 5.69. The zero-order chi connectivity index (χ0) is 48.2. The summed E-state index contributed by atoms with van der Waals surface area (Å²) in [5.74, 6) is 4.80. The molecule has 5 saturated carbocycles.